The van der Waals surface area contributed by atoms with Crippen molar-refractivity contribution in [3.63, 3.8) is 0 Å². The molecular formula is C18H21N5O3S. The number of nitrogens with one attached hydrogen (secondary N) is 1. The van der Waals surface area contributed by atoms with Crippen LogP contribution in [0.3, 0.4) is 0 Å². The summed E-state index contributed by atoms with van der Waals surface area (Å²) in [4.78, 5) is 12.2. The minimum atomic E-state index is -0.157. The molecule has 0 saturated heterocycles. The van der Waals surface area contributed by atoms with Crippen molar-refractivity contribution >= 4 is 23.4 Å². The highest BCUT2D eigenvalue weighted by molar-refractivity contribution is 7.99. The second kappa shape index (κ2) is 8.26. The molecule has 27 heavy (non-hydrogen) atoms. The van der Waals surface area contributed by atoms with E-state index in [1.165, 1.54) is 11.8 Å². The predicted octanol–water partition coefficient (Wildman–Crippen LogP) is 3.04. The van der Waals surface area contributed by atoms with E-state index in [4.69, 9.17) is 9.15 Å². The molecule has 0 spiro atoms. The van der Waals surface area contributed by atoms with Crippen LogP contribution in [0.25, 0.3) is 0 Å². The summed E-state index contributed by atoms with van der Waals surface area (Å²) in [5, 5.41) is 15.3. The van der Waals surface area contributed by atoms with E-state index in [0.29, 0.717) is 11.1 Å². The summed E-state index contributed by atoms with van der Waals surface area (Å²) in [5.41, 5.74) is 3.53. The minimum absolute atomic E-state index is 0.157. The number of benzene rings is 1. The van der Waals surface area contributed by atoms with Gasteiger partial charge in [-0.05, 0) is 38.5 Å². The van der Waals surface area contributed by atoms with Gasteiger partial charge >= 0.3 is 0 Å². The van der Waals surface area contributed by atoms with Crippen molar-refractivity contribution in [3.05, 3.63) is 47.1 Å². The molecule has 0 atom stereocenters. The monoisotopic (exact) mass is 387 g/mol. The van der Waals surface area contributed by atoms with Crippen molar-refractivity contribution in [1.29, 1.82) is 0 Å². The van der Waals surface area contributed by atoms with Gasteiger partial charge in [-0.25, -0.2) is 0 Å². The maximum atomic E-state index is 12.2. The maximum absolute atomic E-state index is 12.2. The molecule has 0 unspecified atom stereocenters. The number of amides is 1. The zero-order chi connectivity index (χ0) is 19.4. The highest BCUT2D eigenvalue weighted by Crippen LogP contribution is 2.21. The average molecular weight is 387 g/mol. The highest BCUT2D eigenvalue weighted by atomic mass is 32.2. The summed E-state index contributed by atoms with van der Waals surface area (Å²) in [6.45, 7) is 5.93. The number of carbonyl (C=O) groups excluding carboxylic acids is 1. The number of thioether (sulfide) groups is 1. The molecule has 0 fully saturated rings. The molecule has 0 saturated carbocycles. The molecule has 142 valence electrons. The van der Waals surface area contributed by atoms with E-state index in [9.17, 15) is 4.79 Å². The number of rotatable bonds is 7. The number of aryl methyl sites for hydroxylation is 3. The van der Waals surface area contributed by atoms with Crippen LogP contribution in [0.15, 0.2) is 33.9 Å². The zero-order valence-corrected chi connectivity index (χ0v) is 16.5. The van der Waals surface area contributed by atoms with E-state index in [0.717, 1.165) is 28.4 Å². The van der Waals surface area contributed by atoms with Gasteiger partial charge in [0.1, 0.15) is 5.75 Å². The summed E-state index contributed by atoms with van der Waals surface area (Å²) in [6, 6.07) is 7.71. The average Bonchev–Trinajstić information content (AvgIpc) is 3.18. The van der Waals surface area contributed by atoms with Crippen LogP contribution in [0.1, 0.15) is 22.8 Å². The first-order valence-electron chi connectivity index (χ1n) is 8.37. The lowest BCUT2D eigenvalue weighted by Crippen LogP contribution is -2.15. The number of hydrogen-bond acceptors (Lipinski definition) is 7. The van der Waals surface area contributed by atoms with Gasteiger partial charge in [0.25, 0.3) is 11.1 Å². The van der Waals surface area contributed by atoms with Crippen LogP contribution >= 0.6 is 11.8 Å². The Morgan fingerprint density at radius 2 is 2.11 bits per heavy atom. The third kappa shape index (κ3) is 4.88. The molecule has 2 heterocycles. The SMILES string of the molecule is Cc1cccc(OCc2nnc(SCC(=O)Nc3c(C)nn(C)c3C)o2)c1. The van der Waals surface area contributed by atoms with Gasteiger partial charge < -0.3 is 14.5 Å². The Morgan fingerprint density at radius 3 is 2.81 bits per heavy atom. The van der Waals surface area contributed by atoms with Crippen LogP contribution in [0.2, 0.25) is 0 Å². The summed E-state index contributed by atoms with van der Waals surface area (Å²) in [6.07, 6.45) is 0. The first kappa shape index (κ1) is 19.0. The van der Waals surface area contributed by atoms with Crippen LogP contribution in [0.4, 0.5) is 5.69 Å². The minimum Gasteiger partial charge on any atom is -0.484 e. The molecule has 1 amide bonds. The molecule has 3 aromatic rings. The molecule has 0 aliphatic rings. The Kier molecular flexibility index (Phi) is 5.80. The zero-order valence-electron chi connectivity index (χ0n) is 15.6. The number of hydrogen-bond donors (Lipinski definition) is 1. The maximum Gasteiger partial charge on any atom is 0.277 e. The van der Waals surface area contributed by atoms with Crippen LogP contribution in [0, 0.1) is 20.8 Å². The van der Waals surface area contributed by atoms with Crippen molar-refractivity contribution in [2.75, 3.05) is 11.1 Å². The molecule has 0 bridgehead atoms. The fourth-order valence-electron chi connectivity index (χ4n) is 2.46. The smallest absolute Gasteiger partial charge is 0.277 e. The van der Waals surface area contributed by atoms with Crippen molar-refractivity contribution < 1.29 is 13.9 Å². The van der Waals surface area contributed by atoms with E-state index in [-0.39, 0.29) is 18.3 Å². The van der Waals surface area contributed by atoms with E-state index < -0.39 is 0 Å². The molecule has 0 aliphatic heterocycles. The second-order valence-corrected chi connectivity index (χ2v) is 7.00. The first-order chi connectivity index (χ1) is 12.9. The molecule has 0 radical (unpaired) electrons. The van der Waals surface area contributed by atoms with Crippen LogP contribution in [-0.2, 0) is 18.4 Å². The van der Waals surface area contributed by atoms with E-state index in [2.05, 4.69) is 20.6 Å². The molecule has 3 rings (SSSR count). The van der Waals surface area contributed by atoms with Crippen molar-refractivity contribution in [1.82, 2.24) is 20.0 Å². The second-order valence-electron chi connectivity index (χ2n) is 6.07. The predicted molar refractivity (Wildman–Crippen MR) is 102 cm³/mol. The molecule has 0 aliphatic carbocycles. The summed E-state index contributed by atoms with van der Waals surface area (Å²) in [5.74, 6) is 1.10. The van der Waals surface area contributed by atoms with Gasteiger partial charge in [-0.1, -0.05) is 23.9 Å². The molecule has 8 nitrogen and oxygen atoms in total. The Bertz CT molecular complexity index is 950. The van der Waals surface area contributed by atoms with Gasteiger partial charge in [0.2, 0.25) is 5.91 Å². The highest BCUT2D eigenvalue weighted by Gasteiger charge is 2.14. The van der Waals surface area contributed by atoms with Crippen LogP contribution in [0.5, 0.6) is 5.75 Å². The molecular weight excluding hydrogens is 366 g/mol. The van der Waals surface area contributed by atoms with Crippen molar-refractivity contribution in [3.8, 4) is 5.75 Å². The Morgan fingerprint density at radius 1 is 1.30 bits per heavy atom. The van der Waals surface area contributed by atoms with E-state index >= 15 is 0 Å². The van der Waals surface area contributed by atoms with Gasteiger partial charge in [-0.15, -0.1) is 10.2 Å². The van der Waals surface area contributed by atoms with Crippen LogP contribution in [-0.4, -0.2) is 31.6 Å². The Hall–Kier alpha value is -2.81. The topological polar surface area (TPSA) is 95.1 Å². The van der Waals surface area contributed by atoms with Crippen molar-refractivity contribution in [2.45, 2.75) is 32.6 Å². The quantitative estimate of drug-likeness (QED) is 0.623. The number of aromatic nitrogens is 4. The largest absolute Gasteiger partial charge is 0.484 e. The molecule has 9 heteroatoms. The lowest BCUT2D eigenvalue weighted by Gasteiger charge is -2.04. The molecule has 1 N–H and O–H groups in total. The number of ether oxygens (including phenoxy) is 1. The van der Waals surface area contributed by atoms with E-state index in [1.807, 2.05) is 52.1 Å². The first-order valence-corrected chi connectivity index (χ1v) is 9.35. The van der Waals surface area contributed by atoms with Crippen LogP contribution < -0.4 is 10.1 Å². The fraction of sp³-hybridized carbons (Fsp3) is 0.333. The standard InChI is InChI=1S/C18H21N5O3S/c1-11-6-5-7-14(8-11)25-9-16-20-21-18(26-16)27-10-15(24)19-17-12(2)22-23(4)13(17)3/h5-8H,9-10H2,1-4H3,(H,19,24). The van der Waals surface area contributed by atoms with Gasteiger partial charge in [-0.2, -0.15) is 5.10 Å². The van der Waals surface area contributed by atoms with E-state index in [1.54, 1.807) is 4.68 Å². The number of carbonyl (C=O) groups is 1. The van der Waals surface area contributed by atoms with Gasteiger partial charge in [0.15, 0.2) is 6.61 Å². The Balaban J connectivity index is 1.49. The lowest BCUT2D eigenvalue weighted by atomic mass is 10.2. The number of nitrogens with zero attached hydrogens (tertiary/aromatic N) is 4. The summed E-state index contributed by atoms with van der Waals surface area (Å²) in [7, 11) is 1.84. The molecule has 1 aromatic carbocycles. The third-order valence-electron chi connectivity index (χ3n) is 3.90. The summed E-state index contributed by atoms with van der Waals surface area (Å²) < 4.78 is 12.9. The molecule has 2 aromatic heterocycles. The van der Waals surface area contributed by atoms with Gasteiger partial charge in [-0.3, -0.25) is 9.48 Å². The summed E-state index contributed by atoms with van der Waals surface area (Å²) >= 11 is 1.18. The normalized spacial score (nSPS) is 10.8. The van der Waals surface area contributed by atoms with Gasteiger partial charge in [0, 0.05) is 7.05 Å². The fourth-order valence-corrected chi connectivity index (χ4v) is 3.04. The van der Waals surface area contributed by atoms with Crippen molar-refractivity contribution in [2.24, 2.45) is 7.05 Å². The number of anilines is 1. The lowest BCUT2D eigenvalue weighted by molar-refractivity contribution is -0.113. The third-order valence-corrected chi connectivity index (χ3v) is 4.72. The van der Waals surface area contributed by atoms with Gasteiger partial charge in [0.05, 0.1) is 22.8 Å². The Labute approximate surface area is 161 Å².